The molecular weight excluding hydrogens is 525 g/mol. The maximum Gasteiger partial charge on any atom is 0.410 e. The monoisotopic (exact) mass is 549 g/mol. The first kappa shape index (κ1) is 26.7. The molecule has 1 heterocycles. The fourth-order valence-electron chi connectivity index (χ4n) is 3.37. The Labute approximate surface area is 209 Å². The maximum absolute atomic E-state index is 13.0. The van der Waals surface area contributed by atoms with Crippen molar-refractivity contribution in [2.75, 3.05) is 13.1 Å². The Balaban J connectivity index is 1.91. The van der Waals surface area contributed by atoms with E-state index in [0.717, 1.165) is 0 Å². The van der Waals surface area contributed by atoms with Crippen molar-refractivity contribution in [2.45, 2.75) is 48.2 Å². The second-order valence-corrected chi connectivity index (χ2v) is 12.9. The van der Waals surface area contributed by atoms with Crippen molar-refractivity contribution in [1.82, 2.24) is 14.3 Å². The fourth-order valence-corrected chi connectivity index (χ4v) is 6.94. The van der Waals surface area contributed by atoms with Gasteiger partial charge in [-0.1, -0.05) is 47.5 Å². The molecule has 186 valence electrons. The highest BCUT2D eigenvalue weighted by Gasteiger charge is 2.42. The summed E-state index contributed by atoms with van der Waals surface area (Å²) in [4.78, 5) is 13.5. The molecule has 1 saturated heterocycles. The summed E-state index contributed by atoms with van der Waals surface area (Å²) in [6, 6.07) is 9.69. The molecule has 2 N–H and O–H groups in total. The Bertz CT molecular complexity index is 1190. The SMILES string of the molecule is CC(C)(C)OC(=O)N1C[C@H](NS(=O)(=O)c2ccccc2Cl)[C@@H](NS(=O)(=O)c2ccccc2Cl)C1. The molecule has 1 fully saturated rings. The van der Waals surface area contributed by atoms with Crippen LogP contribution >= 0.6 is 23.2 Å². The van der Waals surface area contributed by atoms with Crippen molar-refractivity contribution in [3.8, 4) is 0 Å². The average Bonchev–Trinajstić information content (AvgIpc) is 3.08. The van der Waals surface area contributed by atoms with Crippen LogP contribution in [0.1, 0.15) is 20.8 Å². The van der Waals surface area contributed by atoms with Crippen LogP contribution in [0.5, 0.6) is 0 Å². The molecule has 2 atom stereocenters. The number of nitrogens with one attached hydrogen (secondary N) is 2. The van der Waals surface area contributed by atoms with Gasteiger partial charge in [0.15, 0.2) is 0 Å². The van der Waals surface area contributed by atoms with Crippen LogP contribution in [0.4, 0.5) is 4.79 Å². The van der Waals surface area contributed by atoms with E-state index in [1.807, 2.05) is 0 Å². The molecule has 0 aliphatic carbocycles. The van der Waals surface area contributed by atoms with E-state index in [4.69, 9.17) is 27.9 Å². The number of sulfonamides is 2. The van der Waals surface area contributed by atoms with Gasteiger partial charge >= 0.3 is 6.09 Å². The lowest BCUT2D eigenvalue weighted by Gasteiger charge is -2.24. The van der Waals surface area contributed by atoms with Crippen molar-refractivity contribution in [1.29, 1.82) is 0 Å². The molecule has 0 spiro atoms. The first-order valence-electron chi connectivity index (χ1n) is 10.2. The van der Waals surface area contributed by atoms with Crippen LogP contribution in [-0.4, -0.2) is 58.6 Å². The average molecular weight is 550 g/mol. The third-order valence-electron chi connectivity index (χ3n) is 4.84. The fraction of sp³-hybridized carbons (Fsp3) is 0.381. The molecule has 0 unspecified atom stereocenters. The summed E-state index contributed by atoms with van der Waals surface area (Å²) >= 11 is 12.1. The molecule has 0 bridgehead atoms. The molecule has 13 heteroatoms. The van der Waals surface area contributed by atoms with E-state index in [1.54, 1.807) is 32.9 Å². The predicted molar refractivity (Wildman–Crippen MR) is 129 cm³/mol. The summed E-state index contributed by atoms with van der Waals surface area (Å²) in [6.07, 6.45) is -0.700. The zero-order chi connectivity index (χ0) is 25.3. The number of rotatable bonds is 6. The van der Waals surface area contributed by atoms with E-state index in [-0.39, 0.29) is 32.9 Å². The van der Waals surface area contributed by atoms with E-state index >= 15 is 0 Å². The zero-order valence-electron chi connectivity index (χ0n) is 18.7. The zero-order valence-corrected chi connectivity index (χ0v) is 21.8. The van der Waals surface area contributed by atoms with Gasteiger partial charge in [0, 0.05) is 13.1 Å². The van der Waals surface area contributed by atoms with Gasteiger partial charge in [0.1, 0.15) is 15.4 Å². The molecule has 0 radical (unpaired) electrons. The third kappa shape index (κ3) is 6.41. The lowest BCUT2D eigenvalue weighted by molar-refractivity contribution is 0.0289. The Morgan fingerprint density at radius 2 is 1.24 bits per heavy atom. The summed E-state index contributed by atoms with van der Waals surface area (Å²) < 4.78 is 62.4. The highest BCUT2D eigenvalue weighted by molar-refractivity contribution is 7.90. The van der Waals surface area contributed by atoms with Crippen LogP contribution in [0.15, 0.2) is 58.3 Å². The molecule has 2 aromatic rings. The summed E-state index contributed by atoms with van der Waals surface area (Å²) in [5.41, 5.74) is -0.793. The number of carbonyl (C=O) groups excluding carboxylic acids is 1. The van der Waals surface area contributed by atoms with Crippen molar-refractivity contribution < 1.29 is 26.4 Å². The van der Waals surface area contributed by atoms with E-state index in [0.29, 0.717) is 0 Å². The molecule has 9 nitrogen and oxygen atoms in total. The second kappa shape index (κ2) is 10.00. The van der Waals surface area contributed by atoms with Gasteiger partial charge in [0.05, 0.1) is 22.1 Å². The third-order valence-corrected chi connectivity index (χ3v) is 8.82. The van der Waals surface area contributed by atoms with Crippen LogP contribution in [0, 0.1) is 0 Å². The van der Waals surface area contributed by atoms with Gasteiger partial charge in [-0.05, 0) is 45.0 Å². The number of halogens is 2. The Morgan fingerprint density at radius 3 is 1.59 bits per heavy atom. The molecule has 0 saturated carbocycles. The van der Waals surface area contributed by atoms with Crippen molar-refractivity contribution in [3.05, 3.63) is 58.6 Å². The van der Waals surface area contributed by atoms with E-state index in [9.17, 15) is 21.6 Å². The number of benzene rings is 2. The van der Waals surface area contributed by atoms with Gasteiger partial charge in [-0.3, -0.25) is 0 Å². The number of nitrogens with zero attached hydrogens (tertiary/aromatic N) is 1. The van der Waals surface area contributed by atoms with E-state index in [1.165, 1.54) is 41.3 Å². The normalized spacial score (nSPS) is 19.3. The summed E-state index contributed by atoms with van der Waals surface area (Å²) in [6.45, 7) is 4.81. The standard InChI is InChI=1S/C21H25Cl2N3O6S2/c1-21(2,3)32-20(27)26-12-16(24-33(28,29)18-10-6-4-8-14(18)22)17(13-26)25-34(30,31)19-11-7-5-9-15(19)23/h4-11,16-17,24-25H,12-13H2,1-3H3/t16-,17-/m0/s1. The largest absolute Gasteiger partial charge is 0.444 e. The van der Waals surface area contributed by atoms with Crippen LogP contribution < -0.4 is 9.44 Å². The van der Waals surface area contributed by atoms with Crippen LogP contribution in [0.3, 0.4) is 0 Å². The lowest BCUT2D eigenvalue weighted by atomic mass is 10.2. The molecular formula is C21H25Cl2N3O6S2. The number of carbonyl (C=O) groups is 1. The molecule has 2 aromatic carbocycles. The second-order valence-electron chi connectivity index (χ2n) is 8.70. The highest BCUT2D eigenvalue weighted by Crippen LogP contribution is 2.25. The summed E-state index contributed by atoms with van der Waals surface area (Å²) in [7, 11) is -8.28. The lowest BCUT2D eigenvalue weighted by Crippen LogP contribution is -2.50. The quantitative estimate of drug-likeness (QED) is 0.570. The van der Waals surface area contributed by atoms with Crippen molar-refractivity contribution in [2.24, 2.45) is 0 Å². The Morgan fingerprint density at radius 1 is 0.853 bits per heavy atom. The molecule has 1 aliphatic heterocycles. The van der Waals surface area contributed by atoms with Gasteiger partial charge in [-0.25, -0.2) is 31.1 Å². The number of amides is 1. The van der Waals surface area contributed by atoms with Gasteiger partial charge in [-0.2, -0.15) is 0 Å². The molecule has 0 aromatic heterocycles. The predicted octanol–water partition coefficient (Wildman–Crippen LogP) is 3.24. The molecule has 1 aliphatic rings. The minimum Gasteiger partial charge on any atom is -0.444 e. The number of ether oxygens (including phenoxy) is 1. The Hall–Kier alpha value is -1.89. The number of hydrogen-bond donors (Lipinski definition) is 2. The van der Waals surface area contributed by atoms with Gasteiger partial charge < -0.3 is 9.64 Å². The van der Waals surface area contributed by atoms with E-state index in [2.05, 4.69) is 9.44 Å². The summed E-state index contributed by atoms with van der Waals surface area (Å²) in [5.74, 6) is 0. The van der Waals surface area contributed by atoms with Crippen LogP contribution in [-0.2, 0) is 24.8 Å². The minimum atomic E-state index is -4.14. The highest BCUT2D eigenvalue weighted by atomic mass is 35.5. The minimum absolute atomic E-state index is 0.00481. The van der Waals surface area contributed by atoms with Gasteiger partial charge in [0.25, 0.3) is 0 Å². The Kier molecular flexibility index (Phi) is 7.86. The summed E-state index contributed by atoms with van der Waals surface area (Å²) in [5, 5.41) is 0.00962. The van der Waals surface area contributed by atoms with E-state index < -0.39 is 43.8 Å². The van der Waals surface area contributed by atoms with Gasteiger partial charge in [-0.15, -0.1) is 0 Å². The first-order chi connectivity index (χ1) is 15.7. The molecule has 1 amide bonds. The molecule has 34 heavy (non-hydrogen) atoms. The maximum atomic E-state index is 13.0. The smallest absolute Gasteiger partial charge is 0.410 e. The molecule has 3 rings (SSSR count). The number of likely N-dealkylation sites (tertiary alicyclic amines) is 1. The topological polar surface area (TPSA) is 122 Å². The van der Waals surface area contributed by atoms with Gasteiger partial charge in [0.2, 0.25) is 20.0 Å². The van der Waals surface area contributed by atoms with Crippen LogP contribution in [0.2, 0.25) is 10.0 Å². The van der Waals surface area contributed by atoms with Crippen molar-refractivity contribution >= 4 is 49.3 Å². The first-order valence-corrected chi connectivity index (χ1v) is 13.9. The van der Waals surface area contributed by atoms with Crippen LogP contribution in [0.25, 0.3) is 0 Å². The van der Waals surface area contributed by atoms with Crippen molar-refractivity contribution in [3.63, 3.8) is 0 Å². The number of hydrogen-bond acceptors (Lipinski definition) is 6.